The molecule has 0 atom stereocenters. The van der Waals surface area contributed by atoms with Crippen LogP contribution in [0.15, 0.2) is 58.1 Å². The Morgan fingerprint density at radius 1 is 1.03 bits per heavy atom. The monoisotopic (exact) mass is 463 g/mol. The van der Waals surface area contributed by atoms with E-state index >= 15 is 0 Å². The van der Waals surface area contributed by atoms with E-state index in [1.807, 2.05) is 18.2 Å². The summed E-state index contributed by atoms with van der Waals surface area (Å²) in [6, 6.07) is 12.1. The lowest BCUT2D eigenvalue weighted by Crippen LogP contribution is -2.29. The van der Waals surface area contributed by atoms with Crippen LogP contribution >= 0.6 is 15.9 Å². The van der Waals surface area contributed by atoms with Gasteiger partial charge in [-0.15, -0.1) is 0 Å². The third kappa shape index (κ3) is 3.70. The third-order valence-corrected chi connectivity index (χ3v) is 6.53. The van der Waals surface area contributed by atoms with Gasteiger partial charge in [0, 0.05) is 35.4 Å². The summed E-state index contributed by atoms with van der Waals surface area (Å²) in [7, 11) is 0. The second-order valence-electron chi connectivity index (χ2n) is 7.76. The van der Waals surface area contributed by atoms with Gasteiger partial charge >= 0.3 is 0 Å². The zero-order valence-corrected chi connectivity index (χ0v) is 18.1. The number of piperidine rings is 1. The van der Waals surface area contributed by atoms with Gasteiger partial charge < -0.3 is 4.98 Å². The Labute approximate surface area is 182 Å². The van der Waals surface area contributed by atoms with E-state index in [0.717, 1.165) is 33.2 Å². The number of rotatable bonds is 4. The number of aromatic amines is 2. The molecule has 4 heterocycles. The third-order valence-electron chi connectivity index (χ3n) is 5.70. The largest absolute Gasteiger partial charge is 0.353 e. The van der Waals surface area contributed by atoms with Crippen molar-refractivity contribution in [2.45, 2.75) is 25.8 Å². The highest BCUT2D eigenvalue weighted by molar-refractivity contribution is 9.10. The van der Waals surface area contributed by atoms with Crippen molar-refractivity contribution < 1.29 is 0 Å². The molecule has 0 unspecified atom stereocenters. The first-order valence-electron chi connectivity index (χ1n) is 10.2. The molecule has 6 nitrogen and oxygen atoms in total. The number of hydrogen-bond acceptors (Lipinski definition) is 4. The Bertz CT molecular complexity index is 1240. The van der Waals surface area contributed by atoms with E-state index in [2.05, 4.69) is 59.2 Å². The SMILES string of the molecule is O=c1[nH]nc(-c2ccncc2)cc1-c1[nH]c2cc(CN3CCCCC3)ccc2c1Br. The minimum atomic E-state index is -0.228. The van der Waals surface area contributed by atoms with Crippen LogP contribution < -0.4 is 5.56 Å². The van der Waals surface area contributed by atoms with Crippen LogP contribution in [0.25, 0.3) is 33.4 Å². The molecule has 30 heavy (non-hydrogen) atoms. The quantitative estimate of drug-likeness (QED) is 0.458. The van der Waals surface area contributed by atoms with Crippen LogP contribution in [-0.4, -0.2) is 38.2 Å². The molecule has 5 rings (SSSR count). The summed E-state index contributed by atoms with van der Waals surface area (Å²) in [5.74, 6) is 0. The fourth-order valence-electron chi connectivity index (χ4n) is 4.13. The van der Waals surface area contributed by atoms with Gasteiger partial charge in [0.25, 0.3) is 5.56 Å². The Hall–Kier alpha value is -2.77. The van der Waals surface area contributed by atoms with Crippen molar-refractivity contribution in [1.82, 2.24) is 25.1 Å². The smallest absolute Gasteiger partial charge is 0.273 e. The lowest BCUT2D eigenvalue weighted by molar-refractivity contribution is 0.221. The Morgan fingerprint density at radius 3 is 2.63 bits per heavy atom. The molecule has 0 bridgehead atoms. The van der Waals surface area contributed by atoms with E-state index in [0.29, 0.717) is 11.3 Å². The Balaban J connectivity index is 1.53. The highest BCUT2D eigenvalue weighted by atomic mass is 79.9. The summed E-state index contributed by atoms with van der Waals surface area (Å²) in [6.07, 6.45) is 7.33. The van der Waals surface area contributed by atoms with Crippen LogP contribution in [0.5, 0.6) is 0 Å². The van der Waals surface area contributed by atoms with Gasteiger partial charge in [-0.1, -0.05) is 18.6 Å². The molecule has 1 aliphatic heterocycles. The van der Waals surface area contributed by atoms with Crippen LogP contribution in [-0.2, 0) is 6.54 Å². The Morgan fingerprint density at radius 2 is 1.83 bits per heavy atom. The van der Waals surface area contributed by atoms with Gasteiger partial charge in [-0.2, -0.15) is 5.10 Å². The highest BCUT2D eigenvalue weighted by Crippen LogP contribution is 2.35. The molecule has 0 amide bonds. The first kappa shape index (κ1) is 19.2. The zero-order valence-electron chi connectivity index (χ0n) is 16.5. The number of benzene rings is 1. The van der Waals surface area contributed by atoms with Gasteiger partial charge in [0.2, 0.25) is 0 Å². The molecule has 7 heteroatoms. The first-order valence-corrected chi connectivity index (χ1v) is 11.0. The van der Waals surface area contributed by atoms with Crippen molar-refractivity contribution in [1.29, 1.82) is 0 Å². The number of likely N-dealkylation sites (tertiary alicyclic amines) is 1. The van der Waals surface area contributed by atoms with Crippen LogP contribution in [0.3, 0.4) is 0 Å². The summed E-state index contributed by atoms with van der Waals surface area (Å²) < 4.78 is 0.888. The molecule has 152 valence electrons. The molecule has 1 aromatic carbocycles. The van der Waals surface area contributed by atoms with Gasteiger partial charge in [-0.3, -0.25) is 14.7 Å². The molecule has 0 aliphatic carbocycles. The van der Waals surface area contributed by atoms with E-state index < -0.39 is 0 Å². The second-order valence-corrected chi connectivity index (χ2v) is 8.56. The predicted octanol–water partition coefficient (Wildman–Crippen LogP) is 4.73. The molecular formula is C23H22BrN5O. The summed E-state index contributed by atoms with van der Waals surface area (Å²) in [5, 5.41) is 7.89. The lowest BCUT2D eigenvalue weighted by Gasteiger charge is -2.26. The van der Waals surface area contributed by atoms with Crippen molar-refractivity contribution in [2.24, 2.45) is 0 Å². The van der Waals surface area contributed by atoms with E-state index in [9.17, 15) is 4.79 Å². The standard InChI is InChI=1S/C23H22BrN5O/c24-21-17-5-4-15(14-29-10-2-1-3-11-29)12-20(17)26-22(21)18-13-19(27-28-23(18)30)16-6-8-25-9-7-16/h4-9,12-13,26H,1-3,10-11,14H2,(H,28,30). The van der Waals surface area contributed by atoms with Crippen molar-refractivity contribution >= 4 is 26.8 Å². The van der Waals surface area contributed by atoms with Crippen LogP contribution in [0, 0.1) is 0 Å². The molecule has 1 fully saturated rings. The first-order chi connectivity index (χ1) is 14.7. The van der Waals surface area contributed by atoms with E-state index in [4.69, 9.17) is 0 Å². The number of hydrogen-bond donors (Lipinski definition) is 2. The maximum absolute atomic E-state index is 12.6. The van der Waals surface area contributed by atoms with Crippen LogP contribution in [0.2, 0.25) is 0 Å². The van der Waals surface area contributed by atoms with Crippen molar-refractivity contribution in [3.63, 3.8) is 0 Å². The summed E-state index contributed by atoms with van der Waals surface area (Å²) in [4.78, 5) is 22.6. The summed E-state index contributed by atoms with van der Waals surface area (Å²) in [6.45, 7) is 3.30. The number of halogens is 1. The van der Waals surface area contributed by atoms with Gasteiger partial charge in [0.1, 0.15) is 0 Å². The molecule has 3 aromatic heterocycles. The molecular weight excluding hydrogens is 442 g/mol. The number of nitrogens with one attached hydrogen (secondary N) is 2. The molecule has 1 saturated heterocycles. The average Bonchev–Trinajstić information content (AvgIpc) is 3.11. The van der Waals surface area contributed by atoms with Gasteiger partial charge in [0.15, 0.2) is 0 Å². The minimum Gasteiger partial charge on any atom is -0.353 e. The number of pyridine rings is 1. The van der Waals surface area contributed by atoms with E-state index in [1.54, 1.807) is 12.4 Å². The average molecular weight is 464 g/mol. The van der Waals surface area contributed by atoms with Crippen molar-refractivity contribution in [3.05, 3.63) is 69.2 Å². The maximum atomic E-state index is 12.6. The van der Waals surface area contributed by atoms with Crippen molar-refractivity contribution in [3.8, 4) is 22.5 Å². The molecule has 2 N–H and O–H groups in total. The van der Waals surface area contributed by atoms with Gasteiger partial charge in [-0.25, -0.2) is 5.10 Å². The van der Waals surface area contributed by atoms with Crippen LogP contribution in [0.1, 0.15) is 24.8 Å². The fourth-order valence-corrected chi connectivity index (χ4v) is 4.79. The maximum Gasteiger partial charge on any atom is 0.273 e. The van der Waals surface area contributed by atoms with Gasteiger partial charge in [-0.05, 0) is 71.7 Å². The number of aromatic nitrogens is 4. The molecule has 1 aliphatic rings. The normalized spacial score (nSPS) is 15.0. The topological polar surface area (TPSA) is 77.7 Å². The molecule has 0 spiro atoms. The number of nitrogens with zero attached hydrogens (tertiary/aromatic N) is 3. The fraction of sp³-hybridized carbons (Fsp3) is 0.261. The van der Waals surface area contributed by atoms with Crippen molar-refractivity contribution in [2.75, 3.05) is 13.1 Å². The van der Waals surface area contributed by atoms with E-state index in [-0.39, 0.29) is 5.56 Å². The second kappa shape index (κ2) is 8.16. The number of H-pyrrole nitrogens is 2. The zero-order chi connectivity index (χ0) is 20.5. The molecule has 4 aromatic rings. The Kier molecular flexibility index (Phi) is 5.23. The molecule has 0 saturated carbocycles. The minimum absolute atomic E-state index is 0.228. The van der Waals surface area contributed by atoms with Gasteiger partial charge in [0.05, 0.1) is 21.4 Å². The summed E-state index contributed by atoms with van der Waals surface area (Å²) >= 11 is 3.70. The summed E-state index contributed by atoms with van der Waals surface area (Å²) in [5.41, 5.74) is 4.99. The highest BCUT2D eigenvalue weighted by Gasteiger charge is 2.17. The predicted molar refractivity (Wildman–Crippen MR) is 122 cm³/mol. The lowest BCUT2D eigenvalue weighted by atomic mass is 10.1. The number of fused-ring (bicyclic) bond motifs is 1. The molecule has 0 radical (unpaired) electrons. The van der Waals surface area contributed by atoms with E-state index in [1.165, 1.54) is 37.9 Å². The van der Waals surface area contributed by atoms with Crippen LogP contribution in [0.4, 0.5) is 0 Å².